The van der Waals surface area contributed by atoms with Crippen LogP contribution in [0.1, 0.15) is 16.7 Å². The maximum Gasteiger partial charge on any atom is 0.0726 e. The van der Waals surface area contributed by atoms with Gasteiger partial charge < -0.3 is 15.7 Å². The van der Waals surface area contributed by atoms with E-state index in [2.05, 4.69) is 121 Å². The van der Waals surface area contributed by atoms with Crippen LogP contribution in [-0.2, 0) is 0 Å². The third kappa shape index (κ3) is 5.33. The monoisotopic (exact) mass is 685 g/mol. The van der Waals surface area contributed by atoms with Crippen LogP contribution in [0.15, 0.2) is 176 Å². The summed E-state index contributed by atoms with van der Waals surface area (Å²) in [5.41, 5.74) is 13.8. The van der Waals surface area contributed by atoms with Crippen LogP contribution in [0.4, 0.5) is 0 Å². The largest absolute Gasteiger partial charge is 0.398 e. The van der Waals surface area contributed by atoms with E-state index in [0.29, 0.717) is 11.4 Å². The summed E-state index contributed by atoms with van der Waals surface area (Å²) in [6.07, 6.45) is 1.69. The number of hydrogen-bond acceptors (Lipinski definition) is 3. The lowest BCUT2D eigenvalue weighted by atomic mass is 9.94. The minimum Gasteiger partial charge on any atom is -0.398 e. The standard InChI is InChI=1S/C33H21NS.C15H14N2/c1-20-14-17-22(18-15-20)34-27-12-6-4-10-24(27)30-26-19-16-21-8-2-3-9-23(21)29(26)31-25-11-5-7-13-28(25)35-33(31)32(30)34;16-14(12-7-3-1-4-8-12)11-15(17)13-9-5-2-6-10-13/h2-19H,1H3;1-11,16H,17H2/b;15-11-,16-14?. The molecule has 0 saturated carbocycles. The van der Waals surface area contributed by atoms with E-state index < -0.39 is 0 Å². The van der Waals surface area contributed by atoms with Crippen molar-refractivity contribution in [3.63, 3.8) is 0 Å². The van der Waals surface area contributed by atoms with Gasteiger partial charge in [0.15, 0.2) is 0 Å². The van der Waals surface area contributed by atoms with E-state index in [0.717, 1.165) is 11.1 Å². The lowest BCUT2D eigenvalue weighted by molar-refractivity contribution is 1.18. The van der Waals surface area contributed by atoms with Gasteiger partial charge >= 0.3 is 0 Å². The first kappa shape index (κ1) is 31.5. The van der Waals surface area contributed by atoms with Crippen molar-refractivity contribution < 1.29 is 0 Å². The number of allylic oxidation sites excluding steroid dienone is 1. The average Bonchev–Trinajstić information content (AvgIpc) is 3.76. The fraction of sp³-hybridized carbons (Fsp3) is 0.0208. The van der Waals surface area contributed by atoms with Gasteiger partial charge in [-0.15, -0.1) is 11.3 Å². The molecule has 2 aromatic heterocycles. The zero-order chi connectivity index (χ0) is 35.2. The fourth-order valence-corrected chi connectivity index (χ4v) is 8.72. The zero-order valence-corrected chi connectivity index (χ0v) is 29.5. The molecule has 248 valence electrons. The Hall–Kier alpha value is -6.49. The summed E-state index contributed by atoms with van der Waals surface area (Å²) in [5, 5.41) is 18.6. The molecule has 0 fully saturated rings. The van der Waals surface area contributed by atoms with Gasteiger partial charge in [0, 0.05) is 37.6 Å². The molecule has 0 aliphatic rings. The van der Waals surface area contributed by atoms with Crippen LogP contribution < -0.4 is 5.73 Å². The Kier molecular flexibility index (Phi) is 7.87. The Bertz CT molecular complexity index is 2970. The Morgan fingerprint density at radius 1 is 0.558 bits per heavy atom. The van der Waals surface area contributed by atoms with Crippen molar-refractivity contribution in [3.05, 3.63) is 193 Å². The molecule has 0 saturated heterocycles. The molecule has 2 heterocycles. The number of fused-ring (bicyclic) bond motifs is 12. The summed E-state index contributed by atoms with van der Waals surface area (Å²) in [5.74, 6) is 0. The number of benzene rings is 8. The zero-order valence-electron chi connectivity index (χ0n) is 28.7. The number of aromatic nitrogens is 1. The Morgan fingerprint density at radius 2 is 1.17 bits per heavy atom. The summed E-state index contributed by atoms with van der Waals surface area (Å²) in [6, 6.07) is 59.4. The molecule has 0 aliphatic carbocycles. The minimum atomic E-state index is 0.423. The molecular weight excluding hydrogens is 651 g/mol. The number of hydrogen-bond donors (Lipinski definition) is 2. The van der Waals surface area contributed by atoms with Crippen LogP contribution in [0.25, 0.3) is 74.9 Å². The van der Waals surface area contributed by atoms with Gasteiger partial charge in [-0.25, -0.2) is 0 Å². The SMILES string of the molecule is Cc1ccc(-n2c3ccccc3c3c4ccc5ccccc5c4c4c5ccccc5sc4c32)cc1.N=C(/C=C(\N)c1ccccc1)c1ccccc1. The van der Waals surface area contributed by atoms with E-state index >= 15 is 0 Å². The number of para-hydroxylation sites is 1. The molecule has 10 rings (SSSR count). The highest BCUT2D eigenvalue weighted by atomic mass is 32.1. The van der Waals surface area contributed by atoms with Crippen molar-refractivity contribution in [2.24, 2.45) is 5.73 Å². The van der Waals surface area contributed by atoms with Crippen molar-refractivity contribution in [2.75, 3.05) is 0 Å². The van der Waals surface area contributed by atoms with Crippen molar-refractivity contribution >= 4 is 86.3 Å². The number of thiophene rings is 1. The second-order valence-corrected chi connectivity index (χ2v) is 14.2. The highest BCUT2D eigenvalue weighted by Crippen LogP contribution is 2.49. The molecule has 3 nitrogen and oxygen atoms in total. The van der Waals surface area contributed by atoms with E-state index in [1.165, 1.54) is 74.8 Å². The van der Waals surface area contributed by atoms with E-state index in [1.54, 1.807) is 6.08 Å². The Labute approximate surface area is 306 Å². The highest BCUT2D eigenvalue weighted by molar-refractivity contribution is 7.27. The molecule has 52 heavy (non-hydrogen) atoms. The summed E-state index contributed by atoms with van der Waals surface area (Å²) in [6.45, 7) is 2.15. The topological polar surface area (TPSA) is 54.8 Å². The van der Waals surface area contributed by atoms with Gasteiger partial charge in [0.1, 0.15) is 0 Å². The third-order valence-electron chi connectivity index (χ3n) is 9.92. The van der Waals surface area contributed by atoms with Gasteiger partial charge in [-0.1, -0.05) is 151 Å². The number of rotatable bonds is 4. The van der Waals surface area contributed by atoms with E-state index in [4.69, 9.17) is 11.1 Å². The van der Waals surface area contributed by atoms with Gasteiger partial charge in [0.05, 0.1) is 21.4 Å². The van der Waals surface area contributed by atoms with Crippen LogP contribution >= 0.6 is 11.3 Å². The number of nitrogens with two attached hydrogens (primary N) is 1. The number of nitrogens with zero attached hydrogens (tertiary/aromatic N) is 1. The predicted molar refractivity (Wildman–Crippen MR) is 225 cm³/mol. The van der Waals surface area contributed by atoms with Gasteiger partial charge in [0.2, 0.25) is 0 Å². The van der Waals surface area contributed by atoms with Crippen molar-refractivity contribution in [1.82, 2.24) is 4.57 Å². The molecule has 0 unspecified atom stereocenters. The molecule has 0 amide bonds. The van der Waals surface area contributed by atoms with Crippen molar-refractivity contribution in [1.29, 1.82) is 5.41 Å². The molecule has 0 radical (unpaired) electrons. The van der Waals surface area contributed by atoms with Crippen LogP contribution in [0.2, 0.25) is 0 Å². The molecule has 3 N–H and O–H groups in total. The first-order chi connectivity index (χ1) is 25.6. The van der Waals surface area contributed by atoms with Gasteiger partial charge in [-0.3, -0.25) is 0 Å². The minimum absolute atomic E-state index is 0.423. The molecule has 0 bridgehead atoms. The molecule has 0 aliphatic heterocycles. The quantitative estimate of drug-likeness (QED) is 0.141. The van der Waals surface area contributed by atoms with Crippen LogP contribution in [0.3, 0.4) is 0 Å². The normalized spacial score (nSPS) is 11.8. The first-order valence-corrected chi connectivity index (χ1v) is 18.3. The summed E-state index contributed by atoms with van der Waals surface area (Å²) in [7, 11) is 0. The predicted octanol–water partition coefficient (Wildman–Crippen LogP) is 12.8. The maximum absolute atomic E-state index is 7.95. The molecule has 10 aromatic rings. The number of nitrogens with one attached hydrogen (secondary N) is 1. The van der Waals surface area contributed by atoms with Crippen LogP contribution in [-0.4, -0.2) is 10.3 Å². The van der Waals surface area contributed by atoms with Gasteiger partial charge in [-0.2, -0.15) is 0 Å². The first-order valence-electron chi connectivity index (χ1n) is 17.5. The molecular formula is C48H35N3S. The highest BCUT2D eigenvalue weighted by Gasteiger charge is 2.22. The fourth-order valence-electron chi connectivity index (χ4n) is 7.47. The smallest absolute Gasteiger partial charge is 0.0726 e. The number of aryl methyl sites for hydroxylation is 1. The Morgan fingerprint density at radius 3 is 1.92 bits per heavy atom. The summed E-state index contributed by atoms with van der Waals surface area (Å²) < 4.78 is 5.18. The second-order valence-electron chi connectivity index (χ2n) is 13.2. The molecule has 4 heteroatoms. The van der Waals surface area contributed by atoms with E-state index in [-0.39, 0.29) is 0 Å². The molecule has 0 spiro atoms. The average molecular weight is 686 g/mol. The lowest BCUT2D eigenvalue weighted by Gasteiger charge is -2.12. The summed E-state index contributed by atoms with van der Waals surface area (Å²) in [4.78, 5) is 0. The van der Waals surface area contributed by atoms with E-state index in [1.807, 2.05) is 72.0 Å². The van der Waals surface area contributed by atoms with Gasteiger partial charge in [-0.05, 0) is 69.9 Å². The van der Waals surface area contributed by atoms with E-state index in [9.17, 15) is 0 Å². The van der Waals surface area contributed by atoms with Crippen molar-refractivity contribution in [3.8, 4) is 5.69 Å². The molecule has 8 aromatic carbocycles. The maximum atomic E-state index is 7.95. The van der Waals surface area contributed by atoms with Gasteiger partial charge in [0.25, 0.3) is 0 Å². The van der Waals surface area contributed by atoms with Crippen LogP contribution in [0.5, 0.6) is 0 Å². The lowest BCUT2D eigenvalue weighted by Crippen LogP contribution is -2.02. The third-order valence-corrected chi connectivity index (χ3v) is 11.1. The van der Waals surface area contributed by atoms with Crippen LogP contribution in [0, 0.1) is 12.3 Å². The van der Waals surface area contributed by atoms with Crippen molar-refractivity contribution in [2.45, 2.75) is 6.92 Å². The second kappa shape index (κ2) is 13.0. The molecule has 0 atom stereocenters. The summed E-state index contributed by atoms with van der Waals surface area (Å²) >= 11 is 1.92. The Balaban J connectivity index is 0.000000179.